The molecule has 0 aromatic heterocycles. The third kappa shape index (κ3) is 6.58. The number of imide groups is 2. The quantitative estimate of drug-likeness (QED) is 0.101. The zero-order valence-electron chi connectivity index (χ0n) is 32.5. The van der Waals surface area contributed by atoms with Gasteiger partial charge in [0.15, 0.2) is 11.5 Å². The van der Waals surface area contributed by atoms with Crippen LogP contribution in [0, 0.1) is 23.7 Å². The van der Waals surface area contributed by atoms with E-state index in [1.165, 1.54) is 51.7 Å². The molecule has 2 N–H and O–H groups in total. The monoisotopic (exact) mass is 903 g/mol. The molecule has 8 rings (SSSR count). The Morgan fingerprint density at radius 1 is 0.758 bits per heavy atom. The molecule has 19 heteroatoms. The highest BCUT2D eigenvalue weighted by Gasteiger charge is 2.70. The molecular formula is C43H33Cl2F6N3O8. The predicted molar refractivity (Wildman–Crippen MR) is 211 cm³/mol. The highest BCUT2D eigenvalue weighted by molar-refractivity contribution is 6.36. The smallest absolute Gasteiger partial charge is 0.416 e. The molecule has 0 spiro atoms. The molecule has 62 heavy (non-hydrogen) atoms. The molecule has 2 aliphatic carbocycles. The molecule has 6 unspecified atom stereocenters. The zero-order valence-corrected chi connectivity index (χ0v) is 34.0. The van der Waals surface area contributed by atoms with Gasteiger partial charge in [0.05, 0.1) is 72.0 Å². The minimum Gasteiger partial charge on any atom is -0.502 e. The summed E-state index contributed by atoms with van der Waals surface area (Å²) in [7, 11) is 3.98. The van der Waals surface area contributed by atoms with Crippen molar-refractivity contribution in [2.24, 2.45) is 23.7 Å². The van der Waals surface area contributed by atoms with Crippen LogP contribution >= 0.6 is 23.2 Å². The molecule has 0 bridgehead atoms. The lowest BCUT2D eigenvalue weighted by atomic mass is 9.49. The van der Waals surface area contributed by atoms with Crippen molar-refractivity contribution in [3.05, 3.63) is 117 Å². The Morgan fingerprint density at radius 2 is 1.37 bits per heavy atom. The van der Waals surface area contributed by atoms with E-state index in [4.69, 9.17) is 37.4 Å². The number of ether oxygens (including phenoxy) is 3. The van der Waals surface area contributed by atoms with Gasteiger partial charge in [-0.25, -0.2) is 4.90 Å². The number of phenolic OH excluding ortho intramolecular Hbond substituents is 1. The van der Waals surface area contributed by atoms with Crippen molar-refractivity contribution in [2.45, 2.75) is 36.5 Å². The molecule has 324 valence electrons. The second kappa shape index (κ2) is 15.1. The van der Waals surface area contributed by atoms with Gasteiger partial charge < -0.3 is 19.3 Å². The Morgan fingerprint density at radius 3 is 1.92 bits per heavy atom. The van der Waals surface area contributed by atoms with Crippen molar-refractivity contribution in [3.63, 3.8) is 0 Å². The first kappa shape index (κ1) is 42.7. The summed E-state index contributed by atoms with van der Waals surface area (Å²) in [6.07, 6.45) is -9.44. The molecule has 4 aliphatic rings. The molecule has 4 amide bonds. The van der Waals surface area contributed by atoms with Crippen LogP contribution in [0.4, 0.5) is 37.7 Å². The van der Waals surface area contributed by atoms with Crippen LogP contribution in [0.1, 0.15) is 41.0 Å². The van der Waals surface area contributed by atoms with Crippen LogP contribution in [-0.4, -0.2) is 55.1 Å². The summed E-state index contributed by atoms with van der Waals surface area (Å²) in [4.78, 5) is 59.8. The number of benzene rings is 4. The Hall–Kier alpha value is -5.94. The lowest BCUT2D eigenvalue weighted by Gasteiger charge is -2.50. The number of phenols is 1. The minimum atomic E-state index is -5.28. The number of hydrogen-bond acceptors (Lipinski definition) is 9. The number of hydrogen-bond donors (Lipinski definition) is 2. The van der Waals surface area contributed by atoms with Gasteiger partial charge in [0.1, 0.15) is 5.75 Å². The van der Waals surface area contributed by atoms with Crippen molar-refractivity contribution in [2.75, 3.05) is 31.7 Å². The van der Waals surface area contributed by atoms with Gasteiger partial charge in [-0.3, -0.25) is 24.6 Å². The van der Waals surface area contributed by atoms with Gasteiger partial charge in [-0.05, 0) is 90.6 Å². The maximum Gasteiger partial charge on any atom is 0.416 e. The zero-order chi connectivity index (χ0) is 44.8. The number of nitrogens with one attached hydrogen (secondary N) is 1. The van der Waals surface area contributed by atoms with Crippen molar-refractivity contribution in [1.29, 1.82) is 0 Å². The maximum atomic E-state index is 15.5. The van der Waals surface area contributed by atoms with Crippen molar-refractivity contribution in [1.82, 2.24) is 5.01 Å². The largest absolute Gasteiger partial charge is 0.502 e. The third-order valence-corrected chi connectivity index (χ3v) is 12.8. The van der Waals surface area contributed by atoms with Crippen molar-refractivity contribution >= 4 is 58.2 Å². The molecule has 4 aromatic rings. The van der Waals surface area contributed by atoms with Gasteiger partial charge in [0.2, 0.25) is 17.6 Å². The third-order valence-electron chi connectivity index (χ3n) is 12.2. The Bertz CT molecular complexity index is 2530. The number of amides is 4. The van der Waals surface area contributed by atoms with Gasteiger partial charge in [-0.15, -0.1) is 0 Å². The molecule has 11 nitrogen and oxygen atoms in total. The number of rotatable bonds is 8. The van der Waals surface area contributed by atoms with Crippen LogP contribution in [0.15, 0.2) is 84.4 Å². The number of alkyl halides is 6. The van der Waals surface area contributed by atoms with E-state index in [-0.39, 0.29) is 51.7 Å². The molecule has 2 saturated heterocycles. The summed E-state index contributed by atoms with van der Waals surface area (Å²) < 4.78 is 100. The van der Waals surface area contributed by atoms with Crippen LogP contribution in [0.5, 0.6) is 23.0 Å². The first-order chi connectivity index (χ1) is 29.3. The molecule has 3 fully saturated rings. The number of aromatic hydroxyl groups is 1. The van der Waals surface area contributed by atoms with Crippen LogP contribution in [0.3, 0.4) is 0 Å². The minimum absolute atomic E-state index is 0.0497. The van der Waals surface area contributed by atoms with Crippen molar-refractivity contribution in [3.8, 4) is 23.0 Å². The fourth-order valence-electron chi connectivity index (χ4n) is 9.62. The normalized spacial score (nSPS) is 24.7. The SMILES string of the molecule is COc1ccc(C23C(=O)N(Nc4ccc(Cl)cc4Cl)C(=O)C2CC2C(=CCC4C(=O)N(c5cc(C(F)(F)F)cc(C(F)(F)F)c5)C(=O)C42)C3c2cc(OC)c(O)c(OC)c2)cc1. The lowest BCUT2D eigenvalue weighted by Crippen LogP contribution is -2.53. The number of anilines is 2. The van der Waals surface area contributed by atoms with E-state index in [0.717, 1.165) is 5.01 Å². The fraction of sp³-hybridized carbons (Fsp3) is 0.302. The van der Waals surface area contributed by atoms with E-state index in [9.17, 15) is 41.0 Å². The average Bonchev–Trinajstić information content (AvgIpc) is 3.61. The Labute approximate surface area is 358 Å². The van der Waals surface area contributed by atoms with Crippen LogP contribution in [-0.2, 0) is 36.9 Å². The van der Waals surface area contributed by atoms with Crippen LogP contribution in [0.2, 0.25) is 10.0 Å². The van der Waals surface area contributed by atoms with E-state index < -0.39 is 93.5 Å². The van der Waals surface area contributed by atoms with Gasteiger partial charge in [-0.1, -0.05) is 47.0 Å². The molecule has 2 aliphatic heterocycles. The molecule has 4 aromatic carbocycles. The summed E-state index contributed by atoms with van der Waals surface area (Å²) in [6.45, 7) is 0. The first-order valence-corrected chi connectivity index (χ1v) is 19.6. The Balaban J connectivity index is 1.35. The van der Waals surface area contributed by atoms with Gasteiger partial charge in [-0.2, -0.15) is 31.4 Å². The molecule has 2 heterocycles. The highest BCUT2D eigenvalue weighted by atomic mass is 35.5. The molecular weight excluding hydrogens is 871 g/mol. The van der Waals surface area contributed by atoms with Gasteiger partial charge >= 0.3 is 12.4 Å². The van der Waals surface area contributed by atoms with E-state index in [1.807, 2.05) is 0 Å². The fourth-order valence-corrected chi connectivity index (χ4v) is 10.1. The van der Waals surface area contributed by atoms with Crippen LogP contribution in [0.25, 0.3) is 0 Å². The average molecular weight is 905 g/mol. The number of carbonyl (C=O) groups excluding carboxylic acids is 4. The number of carbonyl (C=O) groups is 4. The van der Waals surface area contributed by atoms with Gasteiger partial charge in [0, 0.05) is 10.9 Å². The number of hydrazine groups is 1. The standard InChI is InChI=1S/C43H33Cl2F6N3O8/c1-60-25-7-4-20(5-8-25)41-29(38(57)54(40(41)59)52-31-11-6-23(44)17-30(31)45)18-28-26(35(41)19-12-32(61-2)36(55)33(13-19)62-3)9-10-27-34(28)39(58)53(37(27)56)24-15-21(42(46,47)48)14-22(16-24)43(49,50)51/h4-9,11-17,27-29,34-35,52,55H,10,18H2,1-3H3. The van der Waals surface area contributed by atoms with E-state index >= 15 is 9.59 Å². The summed E-state index contributed by atoms with van der Waals surface area (Å²) >= 11 is 12.6. The van der Waals surface area contributed by atoms with Crippen LogP contribution < -0.4 is 24.5 Å². The summed E-state index contributed by atoms with van der Waals surface area (Å²) in [5.74, 6) is -10.2. The van der Waals surface area contributed by atoms with E-state index in [0.29, 0.717) is 33.9 Å². The Kier molecular flexibility index (Phi) is 10.4. The summed E-state index contributed by atoms with van der Waals surface area (Å²) in [6, 6.07) is 14.1. The van der Waals surface area contributed by atoms with Crippen molar-refractivity contribution < 1.29 is 64.8 Å². The van der Waals surface area contributed by atoms with E-state index in [2.05, 4.69) is 5.43 Å². The topological polar surface area (TPSA) is 135 Å². The van der Waals surface area contributed by atoms with E-state index in [1.54, 1.807) is 30.3 Å². The molecule has 0 radical (unpaired) electrons. The number of methoxy groups -OCH3 is 3. The maximum absolute atomic E-state index is 15.5. The number of allylic oxidation sites excluding steroid dienone is 2. The lowest BCUT2D eigenvalue weighted by molar-refractivity contribution is -0.143. The highest BCUT2D eigenvalue weighted by Crippen LogP contribution is 2.65. The second-order valence-corrected chi connectivity index (χ2v) is 16.1. The number of nitrogens with zero attached hydrogens (tertiary/aromatic N) is 2. The number of fused-ring (bicyclic) bond motifs is 4. The summed E-state index contributed by atoms with van der Waals surface area (Å²) in [5.41, 5.74) is -2.37. The summed E-state index contributed by atoms with van der Waals surface area (Å²) in [5, 5.41) is 12.1. The second-order valence-electron chi connectivity index (χ2n) is 15.3. The van der Waals surface area contributed by atoms with Gasteiger partial charge in [0.25, 0.3) is 11.8 Å². The predicted octanol–water partition coefficient (Wildman–Crippen LogP) is 8.95. The molecule has 1 saturated carbocycles. The first-order valence-electron chi connectivity index (χ1n) is 18.8. The number of halogens is 8. The molecule has 6 atom stereocenters.